The van der Waals surface area contributed by atoms with Crippen LogP contribution >= 0.6 is 0 Å². The topological polar surface area (TPSA) is 71.3 Å². The maximum Gasteiger partial charge on any atom is 0.224 e. The number of piperidine rings is 1. The fraction of sp³-hybridized carbons (Fsp3) is 0.533. The lowest BCUT2D eigenvalue weighted by molar-refractivity contribution is -0.124. The maximum absolute atomic E-state index is 12.5. The Hall–Kier alpha value is -1.95. The molecule has 6 nitrogen and oxygen atoms in total. The molecule has 1 aliphatic heterocycles. The van der Waals surface area contributed by atoms with Crippen molar-refractivity contribution < 1.29 is 4.79 Å². The van der Waals surface area contributed by atoms with Crippen LogP contribution < -0.4 is 10.6 Å². The molecule has 21 heavy (non-hydrogen) atoms. The second-order valence-electron chi connectivity index (χ2n) is 6.56. The first kappa shape index (κ1) is 12.8. The van der Waals surface area contributed by atoms with Crippen LogP contribution in [0.1, 0.15) is 19.5 Å². The molecular formula is C15H19N5O. The number of nitrogens with one attached hydrogen (secondary N) is 2. The fourth-order valence-electron chi connectivity index (χ4n) is 3.52. The zero-order chi connectivity index (χ0) is 14.6. The number of aromatic nitrogens is 3. The number of hydrogen-bond acceptors (Lipinski definition) is 4. The van der Waals surface area contributed by atoms with Crippen molar-refractivity contribution in [2.75, 3.05) is 13.1 Å². The van der Waals surface area contributed by atoms with E-state index in [1.807, 2.05) is 26.0 Å². The monoisotopic (exact) mass is 285 g/mol. The van der Waals surface area contributed by atoms with Crippen LogP contribution in [-0.2, 0) is 10.3 Å². The molecule has 110 valence electrons. The number of amides is 1. The largest absolute Gasteiger partial charge is 0.345 e. The molecule has 0 aromatic carbocycles. The average Bonchev–Trinajstić information content (AvgIpc) is 2.82. The van der Waals surface area contributed by atoms with Crippen LogP contribution in [0.25, 0.3) is 5.65 Å². The predicted octanol–water partition coefficient (Wildman–Crippen LogP) is 0.546. The van der Waals surface area contributed by atoms with Crippen LogP contribution in [0.5, 0.6) is 0 Å². The minimum Gasteiger partial charge on any atom is -0.345 e. The molecule has 1 unspecified atom stereocenters. The van der Waals surface area contributed by atoms with Gasteiger partial charge in [0.2, 0.25) is 5.91 Å². The van der Waals surface area contributed by atoms with Gasteiger partial charge in [0.1, 0.15) is 0 Å². The Morgan fingerprint density at radius 3 is 2.95 bits per heavy atom. The van der Waals surface area contributed by atoms with Gasteiger partial charge in [0.05, 0.1) is 17.4 Å². The van der Waals surface area contributed by atoms with E-state index < -0.39 is 5.54 Å². The van der Waals surface area contributed by atoms with Gasteiger partial charge < -0.3 is 10.6 Å². The van der Waals surface area contributed by atoms with Crippen molar-refractivity contribution >= 4 is 11.6 Å². The molecule has 3 atom stereocenters. The van der Waals surface area contributed by atoms with E-state index in [4.69, 9.17) is 0 Å². The summed E-state index contributed by atoms with van der Waals surface area (Å²) in [5.74, 6) is 1.39. The predicted molar refractivity (Wildman–Crippen MR) is 77.5 cm³/mol. The number of imidazole rings is 1. The second-order valence-corrected chi connectivity index (χ2v) is 6.56. The molecule has 2 aromatic rings. The van der Waals surface area contributed by atoms with E-state index in [1.165, 1.54) is 0 Å². The van der Waals surface area contributed by atoms with Crippen LogP contribution in [-0.4, -0.2) is 33.6 Å². The number of carbonyl (C=O) groups is 1. The third kappa shape index (κ3) is 1.93. The molecule has 1 saturated carbocycles. The summed E-state index contributed by atoms with van der Waals surface area (Å²) in [6.07, 6.45) is 3.52. The molecule has 2 aliphatic rings. The van der Waals surface area contributed by atoms with Gasteiger partial charge in [-0.3, -0.25) is 4.79 Å². The standard InChI is InChI=1S/C15H19N5O/c1-15(2,11-8-17-12-4-3-5-18-20(11)12)19-14(21)13-9-6-16-7-10(9)13/h3-5,8-10,13,16H,6-7H2,1-2H3,(H,19,21)/t9-,10+,13?. The minimum atomic E-state index is -0.491. The van der Waals surface area contributed by atoms with Crippen LogP contribution in [0.15, 0.2) is 24.5 Å². The van der Waals surface area contributed by atoms with Crippen molar-refractivity contribution in [2.24, 2.45) is 17.8 Å². The first-order valence-corrected chi connectivity index (χ1v) is 7.40. The molecule has 0 spiro atoms. The highest BCUT2D eigenvalue weighted by molar-refractivity contribution is 5.83. The lowest BCUT2D eigenvalue weighted by atomic mass is 10.0. The number of rotatable bonds is 3. The molecular weight excluding hydrogens is 266 g/mol. The van der Waals surface area contributed by atoms with Crippen molar-refractivity contribution in [3.05, 3.63) is 30.2 Å². The van der Waals surface area contributed by atoms with Crippen molar-refractivity contribution in [3.8, 4) is 0 Å². The molecule has 1 aliphatic carbocycles. The van der Waals surface area contributed by atoms with Gasteiger partial charge in [-0.15, -0.1) is 0 Å². The highest BCUT2D eigenvalue weighted by Crippen LogP contribution is 2.49. The number of hydrogen-bond donors (Lipinski definition) is 2. The van der Waals surface area contributed by atoms with E-state index in [1.54, 1.807) is 16.9 Å². The van der Waals surface area contributed by atoms with E-state index >= 15 is 0 Å². The van der Waals surface area contributed by atoms with Gasteiger partial charge in [-0.05, 0) is 50.9 Å². The quantitative estimate of drug-likeness (QED) is 0.864. The van der Waals surface area contributed by atoms with Gasteiger partial charge in [0, 0.05) is 12.1 Å². The first-order chi connectivity index (χ1) is 10.1. The Bertz CT molecular complexity index is 697. The smallest absolute Gasteiger partial charge is 0.224 e. The van der Waals surface area contributed by atoms with Gasteiger partial charge in [0.25, 0.3) is 0 Å². The lowest BCUT2D eigenvalue weighted by Crippen LogP contribution is -2.44. The fourth-order valence-corrected chi connectivity index (χ4v) is 3.52. The van der Waals surface area contributed by atoms with Gasteiger partial charge in [-0.1, -0.05) is 0 Å². The third-order valence-corrected chi connectivity index (χ3v) is 4.75. The Morgan fingerprint density at radius 1 is 1.43 bits per heavy atom. The van der Waals surface area contributed by atoms with Crippen LogP contribution in [0, 0.1) is 17.8 Å². The lowest BCUT2D eigenvalue weighted by Gasteiger charge is -2.26. The summed E-state index contributed by atoms with van der Waals surface area (Å²) in [5, 5.41) is 10.8. The molecule has 0 bridgehead atoms. The molecule has 1 saturated heterocycles. The minimum absolute atomic E-state index is 0.155. The highest BCUT2D eigenvalue weighted by Gasteiger charge is 2.57. The molecule has 3 heterocycles. The van der Waals surface area contributed by atoms with Crippen molar-refractivity contribution in [1.29, 1.82) is 0 Å². The Morgan fingerprint density at radius 2 is 2.19 bits per heavy atom. The number of carbonyl (C=O) groups excluding carboxylic acids is 1. The summed E-state index contributed by atoms with van der Waals surface area (Å²) < 4.78 is 1.79. The van der Waals surface area contributed by atoms with E-state index in [9.17, 15) is 4.79 Å². The van der Waals surface area contributed by atoms with Gasteiger partial charge in [0.15, 0.2) is 5.65 Å². The summed E-state index contributed by atoms with van der Waals surface area (Å²) in [7, 11) is 0. The Labute approximate surface area is 122 Å². The summed E-state index contributed by atoms with van der Waals surface area (Å²) in [4.78, 5) is 16.8. The normalized spacial score (nSPS) is 27.6. The zero-order valence-electron chi connectivity index (χ0n) is 12.2. The van der Waals surface area contributed by atoms with Crippen molar-refractivity contribution in [1.82, 2.24) is 25.2 Å². The first-order valence-electron chi connectivity index (χ1n) is 7.40. The van der Waals surface area contributed by atoms with E-state index in [0.717, 1.165) is 24.4 Å². The van der Waals surface area contributed by atoms with Gasteiger partial charge in [-0.25, -0.2) is 9.50 Å². The highest BCUT2D eigenvalue weighted by atomic mass is 16.2. The van der Waals surface area contributed by atoms with E-state index in [2.05, 4.69) is 20.7 Å². The molecule has 4 rings (SSSR count). The second kappa shape index (κ2) is 4.27. The molecule has 1 amide bonds. The molecule has 2 N–H and O–H groups in total. The SMILES string of the molecule is CC(C)(NC(=O)C1[C@H]2CNC[C@@H]12)c1cnc2cccnn12. The Kier molecular flexibility index (Phi) is 2.60. The van der Waals surface area contributed by atoms with Crippen LogP contribution in [0.2, 0.25) is 0 Å². The molecule has 2 fully saturated rings. The van der Waals surface area contributed by atoms with E-state index in [0.29, 0.717) is 11.8 Å². The van der Waals surface area contributed by atoms with Gasteiger partial charge >= 0.3 is 0 Å². The summed E-state index contributed by atoms with van der Waals surface area (Å²) in [5.41, 5.74) is 1.20. The van der Waals surface area contributed by atoms with E-state index in [-0.39, 0.29) is 11.8 Å². The van der Waals surface area contributed by atoms with Gasteiger partial charge in [-0.2, -0.15) is 5.10 Å². The third-order valence-electron chi connectivity index (χ3n) is 4.75. The van der Waals surface area contributed by atoms with Crippen molar-refractivity contribution in [2.45, 2.75) is 19.4 Å². The molecule has 0 radical (unpaired) electrons. The average molecular weight is 285 g/mol. The molecule has 6 heteroatoms. The number of fused-ring (bicyclic) bond motifs is 2. The maximum atomic E-state index is 12.5. The zero-order valence-corrected chi connectivity index (χ0v) is 12.2. The summed E-state index contributed by atoms with van der Waals surface area (Å²) in [6, 6.07) is 3.77. The van der Waals surface area contributed by atoms with Crippen LogP contribution in [0.3, 0.4) is 0 Å². The summed E-state index contributed by atoms with van der Waals surface area (Å²) in [6.45, 7) is 5.94. The number of nitrogens with zero attached hydrogens (tertiary/aromatic N) is 3. The Balaban J connectivity index is 1.57. The molecule has 2 aromatic heterocycles. The van der Waals surface area contributed by atoms with Crippen LogP contribution in [0.4, 0.5) is 0 Å². The summed E-state index contributed by atoms with van der Waals surface area (Å²) >= 11 is 0. The van der Waals surface area contributed by atoms with Crippen molar-refractivity contribution in [3.63, 3.8) is 0 Å².